The number of halogens is 1. The monoisotopic (exact) mass is 336 g/mol. The van der Waals surface area contributed by atoms with E-state index < -0.39 is 0 Å². The molecule has 0 N–H and O–H groups in total. The van der Waals surface area contributed by atoms with E-state index in [1.165, 1.54) is 11.3 Å². The molecule has 0 radical (unpaired) electrons. The Morgan fingerprint density at radius 2 is 2.06 bits per heavy atom. The summed E-state index contributed by atoms with van der Waals surface area (Å²) in [6, 6.07) is 9.94. The van der Waals surface area contributed by atoms with E-state index in [9.17, 15) is 4.79 Å². The predicted molar refractivity (Wildman–Crippen MR) is 82.0 cm³/mol. The molecule has 2 aromatic heterocycles. The molecule has 0 spiro atoms. The lowest BCUT2D eigenvalue weighted by Crippen LogP contribution is -1.96. The SMILES string of the molecule is Cc1sc(C(=O)c2csc3ccccc23)cc1Br. The summed E-state index contributed by atoms with van der Waals surface area (Å²) in [5.74, 6) is 0.117. The van der Waals surface area contributed by atoms with Gasteiger partial charge in [-0.3, -0.25) is 4.79 Å². The fourth-order valence-electron chi connectivity index (χ4n) is 1.86. The van der Waals surface area contributed by atoms with E-state index in [0.717, 1.165) is 29.9 Å². The molecule has 3 rings (SSSR count). The molecule has 0 atom stereocenters. The fourth-order valence-corrected chi connectivity index (χ4v) is 4.29. The average Bonchev–Trinajstić information content (AvgIpc) is 2.93. The molecule has 2 heterocycles. The third-order valence-electron chi connectivity index (χ3n) is 2.81. The molecule has 0 bridgehead atoms. The van der Waals surface area contributed by atoms with Crippen LogP contribution in [0.1, 0.15) is 20.1 Å². The van der Waals surface area contributed by atoms with Gasteiger partial charge in [0.05, 0.1) is 4.88 Å². The topological polar surface area (TPSA) is 17.1 Å². The van der Waals surface area contributed by atoms with Gasteiger partial charge in [0.2, 0.25) is 5.78 Å². The second-order valence-corrected chi connectivity index (χ2v) is 7.01. The van der Waals surface area contributed by atoms with Crippen LogP contribution < -0.4 is 0 Å². The van der Waals surface area contributed by atoms with Gasteiger partial charge in [0, 0.05) is 30.4 Å². The van der Waals surface area contributed by atoms with Crippen LogP contribution in [0.4, 0.5) is 0 Å². The van der Waals surface area contributed by atoms with Gasteiger partial charge in [-0.2, -0.15) is 0 Å². The Morgan fingerprint density at radius 3 is 2.78 bits per heavy atom. The van der Waals surface area contributed by atoms with Gasteiger partial charge in [0.25, 0.3) is 0 Å². The van der Waals surface area contributed by atoms with Crippen LogP contribution in [-0.4, -0.2) is 5.78 Å². The summed E-state index contributed by atoms with van der Waals surface area (Å²) in [6.45, 7) is 2.01. The second-order valence-electron chi connectivity index (χ2n) is 3.99. The van der Waals surface area contributed by atoms with Gasteiger partial charge in [-0.25, -0.2) is 0 Å². The number of thiophene rings is 2. The van der Waals surface area contributed by atoms with Crippen molar-refractivity contribution in [2.45, 2.75) is 6.92 Å². The molecule has 0 saturated carbocycles. The van der Waals surface area contributed by atoms with Crippen LogP contribution in [-0.2, 0) is 0 Å². The highest BCUT2D eigenvalue weighted by Gasteiger charge is 2.17. The summed E-state index contributed by atoms with van der Waals surface area (Å²) in [7, 11) is 0. The largest absolute Gasteiger partial charge is 0.288 e. The van der Waals surface area contributed by atoms with Crippen LogP contribution >= 0.6 is 38.6 Å². The third-order valence-corrected chi connectivity index (χ3v) is 5.91. The van der Waals surface area contributed by atoms with Crippen LogP contribution in [0.3, 0.4) is 0 Å². The summed E-state index contributed by atoms with van der Waals surface area (Å²) >= 11 is 6.62. The molecule has 0 aliphatic heterocycles. The molecule has 3 aromatic rings. The van der Waals surface area contributed by atoms with E-state index in [-0.39, 0.29) is 5.78 Å². The van der Waals surface area contributed by atoms with Crippen molar-refractivity contribution in [3.8, 4) is 0 Å². The minimum atomic E-state index is 0.117. The number of fused-ring (bicyclic) bond motifs is 1. The summed E-state index contributed by atoms with van der Waals surface area (Å²) in [5, 5.41) is 3.00. The number of benzene rings is 1. The number of ketones is 1. The van der Waals surface area contributed by atoms with E-state index in [2.05, 4.69) is 15.9 Å². The summed E-state index contributed by atoms with van der Waals surface area (Å²) in [5.41, 5.74) is 0.810. The number of carbonyl (C=O) groups is 1. The molecule has 0 fully saturated rings. The number of hydrogen-bond acceptors (Lipinski definition) is 3. The second kappa shape index (κ2) is 4.61. The Morgan fingerprint density at radius 1 is 1.28 bits per heavy atom. The lowest BCUT2D eigenvalue weighted by Gasteiger charge is -1.95. The molecule has 1 nitrogen and oxygen atoms in total. The standard InChI is InChI=1S/C14H9BrOS2/c1-8-11(15)6-13(18-8)14(16)10-7-17-12-5-3-2-4-9(10)12/h2-7H,1H3. The molecule has 0 unspecified atom stereocenters. The van der Waals surface area contributed by atoms with Gasteiger partial charge >= 0.3 is 0 Å². The normalized spacial score (nSPS) is 11.0. The number of aryl methyl sites for hydroxylation is 1. The number of carbonyl (C=O) groups excluding carboxylic acids is 1. The van der Waals surface area contributed by atoms with Gasteiger partial charge < -0.3 is 0 Å². The van der Waals surface area contributed by atoms with Gasteiger partial charge in [0.15, 0.2) is 0 Å². The van der Waals surface area contributed by atoms with E-state index >= 15 is 0 Å². The van der Waals surface area contributed by atoms with E-state index in [1.807, 2.05) is 42.6 Å². The Balaban J connectivity index is 2.12. The molecule has 4 heteroatoms. The zero-order valence-electron chi connectivity index (χ0n) is 9.57. The number of rotatable bonds is 2. The molecule has 0 aliphatic rings. The van der Waals surface area contributed by atoms with Gasteiger partial charge in [-0.15, -0.1) is 22.7 Å². The quantitative estimate of drug-likeness (QED) is 0.583. The lowest BCUT2D eigenvalue weighted by atomic mass is 10.1. The molecular weight excluding hydrogens is 328 g/mol. The van der Waals surface area contributed by atoms with Gasteiger partial charge in [-0.1, -0.05) is 18.2 Å². The van der Waals surface area contributed by atoms with Crippen molar-refractivity contribution >= 4 is 54.5 Å². The highest BCUT2D eigenvalue weighted by molar-refractivity contribution is 9.10. The summed E-state index contributed by atoms with van der Waals surface area (Å²) in [6.07, 6.45) is 0. The molecule has 1 aromatic carbocycles. The maximum absolute atomic E-state index is 12.5. The van der Waals surface area contributed by atoms with E-state index in [1.54, 1.807) is 11.3 Å². The molecule has 90 valence electrons. The first-order chi connectivity index (χ1) is 8.66. The van der Waals surface area contributed by atoms with Crippen molar-refractivity contribution in [2.75, 3.05) is 0 Å². The molecule has 0 amide bonds. The van der Waals surface area contributed by atoms with Crippen LogP contribution in [0.5, 0.6) is 0 Å². The van der Waals surface area contributed by atoms with Crippen molar-refractivity contribution in [3.63, 3.8) is 0 Å². The zero-order valence-corrected chi connectivity index (χ0v) is 12.8. The zero-order chi connectivity index (χ0) is 12.7. The first kappa shape index (κ1) is 12.1. The molecule has 0 aliphatic carbocycles. The van der Waals surface area contributed by atoms with Crippen molar-refractivity contribution < 1.29 is 4.79 Å². The molecule has 18 heavy (non-hydrogen) atoms. The average molecular weight is 337 g/mol. The van der Waals surface area contributed by atoms with Crippen molar-refractivity contribution in [3.05, 3.63) is 55.5 Å². The van der Waals surface area contributed by atoms with Crippen molar-refractivity contribution in [1.82, 2.24) is 0 Å². The first-order valence-electron chi connectivity index (χ1n) is 5.43. The molecule has 0 saturated heterocycles. The Bertz CT molecular complexity index is 720. The van der Waals surface area contributed by atoms with Crippen molar-refractivity contribution in [1.29, 1.82) is 0 Å². The van der Waals surface area contributed by atoms with Crippen LogP contribution in [0.15, 0.2) is 40.2 Å². The first-order valence-corrected chi connectivity index (χ1v) is 7.92. The van der Waals surface area contributed by atoms with Gasteiger partial charge in [0.1, 0.15) is 0 Å². The summed E-state index contributed by atoms with van der Waals surface area (Å²) < 4.78 is 2.17. The Kier molecular flexibility index (Phi) is 3.09. The van der Waals surface area contributed by atoms with Crippen molar-refractivity contribution in [2.24, 2.45) is 0 Å². The third kappa shape index (κ3) is 1.94. The number of hydrogen-bond donors (Lipinski definition) is 0. The van der Waals surface area contributed by atoms with E-state index in [4.69, 9.17) is 0 Å². The van der Waals surface area contributed by atoms with Crippen LogP contribution in [0.2, 0.25) is 0 Å². The highest BCUT2D eigenvalue weighted by Crippen LogP contribution is 2.32. The van der Waals surface area contributed by atoms with E-state index in [0.29, 0.717) is 0 Å². The predicted octanol–water partition coefficient (Wildman–Crippen LogP) is 5.26. The van der Waals surface area contributed by atoms with Crippen LogP contribution in [0, 0.1) is 6.92 Å². The summed E-state index contributed by atoms with van der Waals surface area (Å²) in [4.78, 5) is 14.4. The molecular formula is C14H9BrOS2. The smallest absolute Gasteiger partial charge is 0.204 e. The van der Waals surface area contributed by atoms with Crippen LogP contribution in [0.25, 0.3) is 10.1 Å². The lowest BCUT2D eigenvalue weighted by molar-refractivity contribution is 0.104. The maximum atomic E-state index is 12.5. The van der Waals surface area contributed by atoms with Gasteiger partial charge in [-0.05, 0) is 35.0 Å². The fraction of sp³-hybridized carbons (Fsp3) is 0.0714. The minimum absolute atomic E-state index is 0.117. The highest BCUT2D eigenvalue weighted by atomic mass is 79.9. The Hall–Kier alpha value is -0.970. The Labute approximate surface area is 121 Å². The minimum Gasteiger partial charge on any atom is -0.288 e. The maximum Gasteiger partial charge on any atom is 0.204 e.